The molecule has 9 heteroatoms. The molecule has 30 heavy (non-hydrogen) atoms. The van der Waals surface area contributed by atoms with E-state index in [4.69, 9.17) is 0 Å². The summed E-state index contributed by atoms with van der Waals surface area (Å²) in [5, 5.41) is 15.1. The van der Waals surface area contributed by atoms with Crippen molar-refractivity contribution in [1.29, 1.82) is 0 Å². The van der Waals surface area contributed by atoms with Crippen molar-refractivity contribution in [1.82, 2.24) is 10.2 Å². The number of hydrogen-bond acceptors (Lipinski definition) is 7. The van der Waals surface area contributed by atoms with E-state index < -0.39 is 0 Å². The summed E-state index contributed by atoms with van der Waals surface area (Å²) in [7, 11) is 0. The molecule has 0 bridgehead atoms. The minimum Gasteiger partial charge on any atom is -0.330 e. The number of aryl methyl sites for hydroxylation is 1. The van der Waals surface area contributed by atoms with E-state index in [1.807, 2.05) is 62.4 Å². The second kappa shape index (κ2) is 8.85. The molecule has 0 radical (unpaired) electrons. The normalized spacial score (nSPS) is 15.9. The molecule has 2 amide bonds. The molecule has 0 saturated heterocycles. The molecule has 4 rings (SSSR count). The molecular weight excluding hydrogens is 418 g/mol. The number of carbonyl (C=O) groups is 2. The molecule has 1 aliphatic rings. The van der Waals surface area contributed by atoms with Crippen molar-refractivity contribution in [3.05, 3.63) is 54.1 Å². The number of hydrogen-bond donors (Lipinski definition) is 2. The predicted molar refractivity (Wildman–Crippen MR) is 122 cm³/mol. The first kappa shape index (κ1) is 20.4. The van der Waals surface area contributed by atoms with Crippen molar-refractivity contribution < 1.29 is 9.59 Å². The van der Waals surface area contributed by atoms with Crippen LogP contribution < -0.4 is 15.5 Å². The van der Waals surface area contributed by atoms with E-state index in [9.17, 15) is 9.59 Å². The Morgan fingerprint density at radius 3 is 2.80 bits per heavy atom. The number of carbonyl (C=O) groups excluding carboxylic acids is 2. The van der Waals surface area contributed by atoms with Crippen LogP contribution in [0.25, 0.3) is 0 Å². The Labute approximate surface area is 182 Å². The lowest BCUT2D eigenvalue weighted by atomic mass is 10.2. The minimum absolute atomic E-state index is 0.0697. The zero-order valence-electron chi connectivity index (χ0n) is 16.6. The van der Waals surface area contributed by atoms with Gasteiger partial charge in [-0.05, 0) is 38.1 Å². The van der Waals surface area contributed by atoms with Crippen LogP contribution in [0.15, 0.2) is 52.9 Å². The highest BCUT2D eigenvalue weighted by molar-refractivity contribution is 8.01. The molecule has 1 aromatic heterocycles. The fraction of sp³-hybridized carbons (Fsp3) is 0.238. The second-order valence-corrected chi connectivity index (χ2v) is 9.24. The van der Waals surface area contributed by atoms with E-state index >= 15 is 0 Å². The molecule has 0 aliphatic carbocycles. The molecule has 2 heterocycles. The summed E-state index contributed by atoms with van der Waals surface area (Å²) in [6.45, 7) is 3.93. The number of nitrogens with zero attached hydrogens (tertiary/aromatic N) is 3. The third kappa shape index (κ3) is 4.63. The van der Waals surface area contributed by atoms with E-state index in [0.29, 0.717) is 15.2 Å². The summed E-state index contributed by atoms with van der Waals surface area (Å²) in [5.41, 5.74) is 3.51. The van der Waals surface area contributed by atoms with Crippen molar-refractivity contribution in [3.8, 4) is 0 Å². The van der Waals surface area contributed by atoms with Gasteiger partial charge in [-0.3, -0.25) is 9.59 Å². The molecular formula is C21H21N5O2S2. The maximum absolute atomic E-state index is 13.0. The molecule has 7 nitrogen and oxygen atoms in total. The van der Waals surface area contributed by atoms with Crippen molar-refractivity contribution >= 4 is 57.1 Å². The number of rotatable bonds is 5. The van der Waals surface area contributed by atoms with Crippen molar-refractivity contribution in [3.63, 3.8) is 0 Å². The van der Waals surface area contributed by atoms with Gasteiger partial charge in [-0.1, -0.05) is 52.9 Å². The van der Waals surface area contributed by atoms with E-state index in [1.54, 1.807) is 4.90 Å². The Morgan fingerprint density at radius 2 is 2.00 bits per heavy atom. The Hall–Kier alpha value is -2.91. The first-order valence-corrected chi connectivity index (χ1v) is 11.3. The lowest BCUT2D eigenvalue weighted by Gasteiger charge is -2.27. The lowest BCUT2D eigenvalue weighted by molar-refractivity contribution is -0.117. The van der Waals surface area contributed by atoms with Crippen LogP contribution in [0.5, 0.6) is 0 Å². The Morgan fingerprint density at radius 1 is 1.23 bits per heavy atom. The van der Waals surface area contributed by atoms with Gasteiger partial charge in [0.25, 0.3) is 0 Å². The van der Waals surface area contributed by atoms with E-state index in [1.165, 1.54) is 28.7 Å². The van der Waals surface area contributed by atoms with Crippen LogP contribution >= 0.6 is 23.1 Å². The quantitative estimate of drug-likeness (QED) is 0.571. The van der Waals surface area contributed by atoms with Crippen LogP contribution in [0.1, 0.15) is 18.9 Å². The third-order valence-corrected chi connectivity index (χ3v) is 6.61. The van der Waals surface area contributed by atoms with Gasteiger partial charge in [-0.25, -0.2) is 0 Å². The molecule has 2 aromatic carbocycles. The summed E-state index contributed by atoms with van der Waals surface area (Å²) >= 11 is 2.75. The Balaban J connectivity index is 1.43. The van der Waals surface area contributed by atoms with E-state index in [0.717, 1.165) is 11.4 Å². The first-order valence-electron chi connectivity index (χ1n) is 9.50. The van der Waals surface area contributed by atoms with E-state index in [2.05, 4.69) is 20.8 Å². The molecule has 0 saturated carbocycles. The maximum atomic E-state index is 13.0. The zero-order chi connectivity index (χ0) is 21.1. The van der Waals surface area contributed by atoms with Gasteiger partial charge in [0.15, 0.2) is 4.34 Å². The summed E-state index contributed by atoms with van der Waals surface area (Å²) in [6.07, 6.45) is 0.258. The van der Waals surface area contributed by atoms with Crippen LogP contribution in [0.2, 0.25) is 0 Å². The summed E-state index contributed by atoms with van der Waals surface area (Å²) in [6, 6.07) is 15.2. The predicted octanol–water partition coefficient (Wildman–Crippen LogP) is 4.45. The SMILES string of the molecule is Cc1ccc(Nc2nnc(SCC(=O)N3c4ccccc4NC(=O)C[C@@H]3C)s2)cc1. The molecule has 0 fully saturated rings. The monoisotopic (exact) mass is 439 g/mol. The Kier molecular flexibility index (Phi) is 6.01. The van der Waals surface area contributed by atoms with E-state index in [-0.39, 0.29) is 30.0 Å². The van der Waals surface area contributed by atoms with Gasteiger partial charge in [0.05, 0.1) is 17.1 Å². The highest BCUT2D eigenvalue weighted by Gasteiger charge is 2.29. The number of thioether (sulfide) groups is 1. The molecule has 1 atom stereocenters. The fourth-order valence-electron chi connectivity index (χ4n) is 3.24. The number of fused-ring (bicyclic) bond motifs is 1. The number of para-hydroxylation sites is 2. The van der Waals surface area contributed by atoms with Crippen LogP contribution in [0.3, 0.4) is 0 Å². The highest BCUT2D eigenvalue weighted by Crippen LogP contribution is 2.33. The highest BCUT2D eigenvalue weighted by atomic mass is 32.2. The number of anilines is 4. The zero-order valence-corrected chi connectivity index (χ0v) is 18.2. The van der Waals surface area contributed by atoms with Crippen LogP contribution in [0.4, 0.5) is 22.2 Å². The van der Waals surface area contributed by atoms with Crippen molar-refractivity contribution in [2.75, 3.05) is 21.3 Å². The average molecular weight is 440 g/mol. The minimum atomic E-state index is -0.227. The summed E-state index contributed by atoms with van der Waals surface area (Å²) in [5.74, 6) is 0.0556. The first-order chi connectivity index (χ1) is 14.5. The van der Waals surface area contributed by atoms with Crippen LogP contribution in [-0.4, -0.2) is 33.8 Å². The number of nitrogens with one attached hydrogen (secondary N) is 2. The smallest absolute Gasteiger partial charge is 0.237 e. The fourth-order valence-corrected chi connectivity index (χ4v) is 4.87. The molecule has 3 aromatic rings. The van der Waals surface area contributed by atoms with Gasteiger partial charge in [0, 0.05) is 18.2 Å². The maximum Gasteiger partial charge on any atom is 0.237 e. The average Bonchev–Trinajstić information content (AvgIpc) is 3.11. The van der Waals surface area contributed by atoms with Gasteiger partial charge in [-0.15, -0.1) is 10.2 Å². The number of aromatic nitrogens is 2. The number of amides is 2. The molecule has 1 aliphatic heterocycles. The Bertz CT molecular complexity index is 1070. The van der Waals surface area contributed by atoms with Gasteiger partial charge in [0.2, 0.25) is 16.9 Å². The van der Waals surface area contributed by atoms with Gasteiger partial charge in [-0.2, -0.15) is 0 Å². The number of benzene rings is 2. The lowest BCUT2D eigenvalue weighted by Crippen LogP contribution is -2.40. The van der Waals surface area contributed by atoms with Gasteiger partial charge < -0.3 is 15.5 Å². The topological polar surface area (TPSA) is 87.2 Å². The summed E-state index contributed by atoms with van der Waals surface area (Å²) in [4.78, 5) is 26.8. The van der Waals surface area contributed by atoms with Crippen LogP contribution in [-0.2, 0) is 9.59 Å². The van der Waals surface area contributed by atoms with Crippen molar-refractivity contribution in [2.24, 2.45) is 0 Å². The molecule has 0 spiro atoms. The van der Waals surface area contributed by atoms with Crippen molar-refractivity contribution in [2.45, 2.75) is 30.6 Å². The molecule has 0 unspecified atom stereocenters. The largest absolute Gasteiger partial charge is 0.330 e. The van der Waals surface area contributed by atoms with Gasteiger partial charge in [0.1, 0.15) is 0 Å². The van der Waals surface area contributed by atoms with Crippen LogP contribution in [0, 0.1) is 6.92 Å². The standard InChI is InChI=1S/C21H21N5O2S2/c1-13-7-9-15(10-8-13)22-20-24-25-21(30-20)29-12-19(28)26-14(2)11-18(27)23-16-5-3-4-6-17(16)26/h3-10,14H,11-12H2,1-2H3,(H,22,24)(H,23,27)/t14-/m0/s1. The molecule has 154 valence electrons. The second-order valence-electron chi connectivity index (χ2n) is 7.04. The molecule has 2 N–H and O–H groups in total. The van der Waals surface area contributed by atoms with Gasteiger partial charge >= 0.3 is 0 Å². The summed E-state index contributed by atoms with van der Waals surface area (Å²) < 4.78 is 0.711. The third-order valence-electron chi connectivity index (χ3n) is 4.66.